The van der Waals surface area contributed by atoms with Crippen LogP contribution >= 0.6 is 27.3 Å². The first kappa shape index (κ1) is 15.6. The number of hydrogen-bond acceptors (Lipinski definition) is 2. The Balaban J connectivity index is 2.25. The fraction of sp³-hybridized carbons (Fsp3) is 0.333. The van der Waals surface area contributed by atoms with Crippen molar-refractivity contribution in [2.24, 2.45) is 0 Å². The van der Waals surface area contributed by atoms with Crippen LogP contribution in [0.2, 0.25) is 0 Å². The monoisotopic (exact) mass is 359 g/mol. The predicted octanol–water partition coefficient (Wildman–Crippen LogP) is 4.99. The third kappa shape index (κ3) is 3.65. The molecule has 0 radical (unpaired) electrons. The lowest BCUT2D eigenvalue weighted by atomic mass is 10.0. The van der Waals surface area contributed by atoms with E-state index in [1.165, 1.54) is 21.9 Å². The van der Waals surface area contributed by atoms with Gasteiger partial charge in [-0.15, -0.1) is 11.3 Å². The lowest BCUT2D eigenvalue weighted by Crippen LogP contribution is -2.22. The summed E-state index contributed by atoms with van der Waals surface area (Å²) in [7, 11) is 0. The maximum Gasteiger partial charge on any atom is 0.159 e. The molecule has 0 saturated heterocycles. The van der Waals surface area contributed by atoms with Crippen LogP contribution in [0.5, 0.6) is 0 Å². The molecule has 0 bridgehead atoms. The molecule has 0 fully saturated rings. The van der Waals surface area contributed by atoms with Crippen LogP contribution in [-0.2, 0) is 6.42 Å². The minimum absolute atomic E-state index is 0.0953. The molecule has 1 aromatic carbocycles. The molecule has 0 saturated carbocycles. The van der Waals surface area contributed by atoms with Crippen LogP contribution in [0.3, 0.4) is 0 Å². The van der Waals surface area contributed by atoms with Crippen molar-refractivity contribution in [2.75, 3.05) is 6.54 Å². The van der Waals surface area contributed by atoms with E-state index in [0.717, 1.165) is 16.6 Å². The summed E-state index contributed by atoms with van der Waals surface area (Å²) in [4.78, 5) is 2.41. The van der Waals surface area contributed by atoms with Crippen molar-refractivity contribution in [1.29, 1.82) is 0 Å². The van der Waals surface area contributed by atoms with Gasteiger partial charge >= 0.3 is 0 Å². The van der Waals surface area contributed by atoms with Gasteiger partial charge in [-0.05, 0) is 59.6 Å². The van der Waals surface area contributed by atoms with Crippen molar-refractivity contribution in [2.45, 2.75) is 26.3 Å². The van der Waals surface area contributed by atoms with Crippen LogP contribution in [0.1, 0.15) is 28.3 Å². The van der Waals surface area contributed by atoms with Gasteiger partial charge in [0.05, 0.1) is 0 Å². The van der Waals surface area contributed by atoms with Gasteiger partial charge in [0.25, 0.3) is 0 Å². The molecule has 1 nitrogen and oxygen atoms in total. The molecule has 2 rings (SSSR count). The average molecular weight is 360 g/mol. The van der Waals surface area contributed by atoms with Gasteiger partial charge in [-0.25, -0.2) is 8.78 Å². The summed E-state index contributed by atoms with van der Waals surface area (Å²) < 4.78 is 27.3. The zero-order chi connectivity index (χ0) is 14.7. The zero-order valence-electron chi connectivity index (χ0n) is 11.3. The molecular weight excluding hydrogens is 344 g/mol. The van der Waals surface area contributed by atoms with Crippen LogP contribution in [0, 0.1) is 18.6 Å². The van der Waals surface area contributed by atoms with E-state index in [9.17, 15) is 8.78 Å². The number of likely N-dealkylation sites (N-methyl/N-ethyl adjacent to an activating group) is 1. The first-order valence-corrected chi connectivity index (χ1v) is 8.05. The Morgan fingerprint density at radius 3 is 2.55 bits per heavy atom. The second-order valence-electron chi connectivity index (χ2n) is 4.63. The van der Waals surface area contributed by atoms with Gasteiger partial charge in [0.15, 0.2) is 11.6 Å². The summed E-state index contributed by atoms with van der Waals surface area (Å²) in [5.41, 5.74) is 0.785. The van der Waals surface area contributed by atoms with Crippen molar-refractivity contribution in [1.82, 2.24) is 5.32 Å². The third-order valence-corrected chi connectivity index (χ3v) is 5.11. The SMILES string of the molecule is CCNC(Cc1ccc(F)c(F)c1)c1sc(C)cc1Br. The number of nitrogens with one attached hydrogen (secondary N) is 1. The predicted molar refractivity (Wildman–Crippen MR) is 83.2 cm³/mol. The first-order valence-electron chi connectivity index (χ1n) is 6.44. The van der Waals surface area contributed by atoms with Crippen LogP contribution < -0.4 is 5.32 Å². The smallest absolute Gasteiger partial charge is 0.159 e. The topological polar surface area (TPSA) is 12.0 Å². The molecule has 0 aliphatic heterocycles. The quantitative estimate of drug-likeness (QED) is 0.792. The maximum absolute atomic E-state index is 13.3. The molecule has 1 heterocycles. The number of benzene rings is 1. The Hall–Kier alpha value is -0.780. The molecule has 1 N–H and O–H groups in total. The molecule has 0 aliphatic carbocycles. The summed E-state index contributed by atoms with van der Waals surface area (Å²) >= 11 is 5.28. The van der Waals surface area contributed by atoms with Gasteiger partial charge < -0.3 is 5.32 Å². The number of thiophene rings is 1. The molecule has 0 aliphatic rings. The van der Waals surface area contributed by atoms with E-state index in [4.69, 9.17) is 0 Å². The van der Waals surface area contributed by atoms with Crippen molar-refractivity contribution < 1.29 is 8.78 Å². The number of aryl methyl sites for hydroxylation is 1. The van der Waals surface area contributed by atoms with Crippen LogP contribution in [-0.4, -0.2) is 6.54 Å². The molecular formula is C15H16BrF2NS. The highest BCUT2D eigenvalue weighted by atomic mass is 79.9. The maximum atomic E-state index is 13.3. The Bertz CT molecular complexity index is 598. The van der Waals surface area contributed by atoms with E-state index in [2.05, 4.69) is 34.2 Å². The van der Waals surface area contributed by atoms with Gasteiger partial charge in [-0.2, -0.15) is 0 Å². The standard InChI is InChI=1S/C15H16BrF2NS/c1-3-19-14(15-11(16)6-9(2)20-15)8-10-4-5-12(17)13(18)7-10/h4-7,14,19H,3,8H2,1-2H3. The Morgan fingerprint density at radius 1 is 1.25 bits per heavy atom. The van der Waals surface area contributed by atoms with E-state index < -0.39 is 11.6 Å². The fourth-order valence-corrected chi connectivity index (χ4v) is 4.15. The largest absolute Gasteiger partial charge is 0.309 e. The van der Waals surface area contributed by atoms with Crippen molar-refractivity contribution in [3.8, 4) is 0 Å². The summed E-state index contributed by atoms with van der Waals surface area (Å²) in [6, 6.07) is 6.27. The molecule has 1 aromatic heterocycles. The van der Waals surface area contributed by atoms with E-state index in [0.29, 0.717) is 6.42 Å². The number of halogens is 3. The second-order valence-corrected chi connectivity index (χ2v) is 6.77. The molecule has 0 spiro atoms. The Labute approximate surface area is 130 Å². The molecule has 1 atom stereocenters. The van der Waals surface area contributed by atoms with Crippen molar-refractivity contribution in [3.05, 3.63) is 55.7 Å². The van der Waals surface area contributed by atoms with Crippen LogP contribution in [0.15, 0.2) is 28.7 Å². The van der Waals surface area contributed by atoms with Crippen LogP contribution in [0.4, 0.5) is 8.78 Å². The molecule has 1 unspecified atom stereocenters. The molecule has 0 amide bonds. The molecule has 5 heteroatoms. The highest BCUT2D eigenvalue weighted by molar-refractivity contribution is 9.10. The van der Waals surface area contributed by atoms with Gasteiger partial charge in [0.1, 0.15) is 0 Å². The Morgan fingerprint density at radius 2 is 2.00 bits per heavy atom. The lowest BCUT2D eigenvalue weighted by Gasteiger charge is -2.17. The summed E-state index contributed by atoms with van der Waals surface area (Å²) in [6.45, 7) is 4.91. The van der Waals surface area contributed by atoms with E-state index in [1.807, 2.05) is 6.92 Å². The van der Waals surface area contributed by atoms with Gasteiger partial charge in [0.2, 0.25) is 0 Å². The van der Waals surface area contributed by atoms with E-state index >= 15 is 0 Å². The summed E-state index contributed by atoms with van der Waals surface area (Å²) in [5, 5.41) is 3.40. The van der Waals surface area contributed by atoms with Crippen molar-refractivity contribution in [3.63, 3.8) is 0 Å². The molecule has 20 heavy (non-hydrogen) atoms. The fourth-order valence-electron chi connectivity index (χ4n) is 2.15. The summed E-state index contributed by atoms with van der Waals surface area (Å²) in [5.74, 6) is -1.60. The normalized spacial score (nSPS) is 12.7. The van der Waals surface area contributed by atoms with Gasteiger partial charge in [0, 0.05) is 20.3 Å². The second kappa shape index (κ2) is 6.78. The highest BCUT2D eigenvalue weighted by Crippen LogP contribution is 2.34. The minimum atomic E-state index is -0.804. The van der Waals surface area contributed by atoms with Crippen molar-refractivity contribution >= 4 is 27.3 Å². The third-order valence-electron chi connectivity index (χ3n) is 3.03. The van der Waals surface area contributed by atoms with Crippen LogP contribution in [0.25, 0.3) is 0 Å². The van der Waals surface area contributed by atoms with Gasteiger partial charge in [-0.1, -0.05) is 13.0 Å². The summed E-state index contributed by atoms with van der Waals surface area (Å²) in [6.07, 6.45) is 0.629. The Kier molecular flexibility index (Phi) is 5.29. The number of rotatable bonds is 5. The van der Waals surface area contributed by atoms with E-state index in [-0.39, 0.29) is 6.04 Å². The lowest BCUT2D eigenvalue weighted by molar-refractivity contribution is 0.503. The average Bonchev–Trinajstić information content (AvgIpc) is 2.72. The minimum Gasteiger partial charge on any atom is -0.309 e. The van der Waals surface area contributed by atoms with E-state index in [1.54, 1.807) is 17.4 Å². The molecule has 2 aromatic rings. The highest BCUT2D eigenvalue weighted by Gasteiger charge is 2.17. The first-order chi connectivity index (χ1) is 9.51. The van der Waals surface area contributed by atoms with Gasteiger partial charge in [-0.3, -0.25) is 0 Å². The number of hydrogen-bond donors (Lipinski definition) is 1. The zero-order valence-corrected chi connectivity index (χ0v) is 13.7. The molecule has 108 valence electrons.